The zero-order valence-corrected chi connectivity index (χ0v) is 17.4. The van der Waals surface area contributed by atoms with Gasteiger partial charge in [-0.15, -0.1) is 0 Å². The van der Waals surface area contributed by atoms with E-state index in [2.05, 4.69) is 0 Å². The first-order valence-corrected chi connectivity index (χ1v) is 8.90. The number of rotatable bonds is 7. The zero-order chi connectivity index (χ0) is 16.6. The Labute approximate surface area is 167 Å². The molecule has 0 saturated heterocycles. The molecule has 0 bridgehead atoms. The Morgan fingerprint density at radius 2 is 1.00 bits per heavy atom. The van der Waals surface area contributed by atoms with Crippen LogP contribution in [0.5, 0.6) is 0 Å². The molecule has 0 aromatic heterocycles. The molecule has 1 nitrogen and oxygen atoms in total. The molecule has 0 saturated carbocycles. The molecule has 0 aromatic carbocycles. The highest BCUT2D eigenvalue weighted by Crippen LogP contribution is 2.65. The maximum atomic E-state index is 9.16. The highest BCUT2D eigenvalue weighted by molar-refractivity contribution is 6.76. The topological polar surface area (TPSA) is 20.2 Å². The number of aliphatic hydroxyl groups is 1. The van der Waals surface area contributed by atoms with Gasteiger partial charge in [0.05, 0.1) is 6.61 Å². The number of halogens is 10. The van der Waals surface area contributed by atoms with Crippen LogP contribution in [0.2, 0.25) is 0 Å². The smallest absolute Gasteiger partial charge is 0.189 e. The molecule has 0 heterocycles. The average Bonchev–Trinajstić information content (AvgIpc) is 2.27. The largest absolute Gasteiger partial charge is 0.393 e. The summed E-state index contributed by atoms with van der Waals surface area (Å²) in [6.45, 7) is 0.906. The van der Waals surface area contributed by atoms with Gasteiger partial charge in [0.1, 0.15) is 0 Å². The Hall–Kier alpha value is 2.86. The molecular weight excluding hydrogens is 479 g/mol. The van der Waals surface area contributed by atoms with E-state index in [1.165, 1.54) is 0 Å². The fraction of sp³-hybridized carbons (Fsp3) is 1.00. The van der Waals surface area contributed by atoms with E-state index >= 15 is 0 Å². The molecule has 0 amide bonds. The number of hydrogen-bond acceptors (Lipinski definition) is 1. The minimum atomic E-state index is -2.42. The minimum absolute atomic E-state index is 0.130. The molecule has 0 fully saturated rings. The van der Waals surface area contributed by atoms with E-state index in [0.717, 1.165) is 0 Å². The Balaban J connectivity index is 5.84. The van der Waals surface area contributed by atoms with E-state index in [4.69, 9.17) is 121 Å². The maximum Gasteiger partial charge on any atom is 0.189 e. The van der Waals surface area contributed by atoms with Gasteiger partial charge in [0.25, 0.3) is 0 Å². The molecule has 122 valence electrons. The van der Waals surface area contributed by atoms with Crippen LogP contribution in [0.25, 0.3) is 0 Å². The predicted octanol–water partition coefficient (Wildman–Crippen LogP) is 6.65. The van der Waals surface area contributed by atoms with E-state index in [9.17, 15) is 0 Å². The van der Waals surface area contributed by atoms with E-state index in [0.29, 0.717) is 6.42 Å². The summed E-state index contributed by atoms with van der Waals surface area (Å²) in [5, 5.41) is 9.16. The lowest BCUT2D eigenvalue weighted by Gasteiger charge is -2.49. The first kappa shape index (κ1) is 22.9. The molecular formula is C9H10Cl10O. The summed E-state index contributed by atoms with van der Waals surface area (Å²) in [6.07, 6.45) is 0.646. The van der Waals surface area contributed by atoms with Crippen LogP contribution in [0.3, 0.4) is 0 Å². The van der Waals surface area contributed by atoms with Gasteiger partial charge in [0, 0.05) is 0 Å². The third-order valence-corrected chi connectivity index (χ3v) is 9.33. The second kappa shape index (κ2) is 7.40. The SMILES string of the molecule is CCCC(Cl)(Cl)C(Cl)(Cl)C(Cl)(Cl)C(Cl)(Cl)C(Cl)(Cl)CO. The van der Waals surface area contributed by atoms with Gasteiger partial charge in [-0.25, -0.2) is 0 Å². The third-order valence-electron chi connectivity index (χ3n) is 2.47. The summed E-state index contributed by atoms with van der Waals surface area (Å²) >= 11 is 60.2. The lowest BCUT2D eigenvalue weighted by atomic mass is 10.0. The van der Waals surface area contributed by atoms with E-state index in [-0.39, 0.29) is 6.42 Å². The lowest BCUT2D eigenvalue weighted by Crippen LogP contribution is -2.63. The fourth-order valence-electron chi connectivity index (χ4n) is 1.23. The van der Waals surface area contributed by atoms with Crippen molar-refractivity contribution in [3.8, 4) is 0 Å². The second-order valence-corrected chi connectivity index (χ2v) is 11.0. The van der Waals surface area contributed by atoms with Gasteiger partial charge >= 0.3 is 0 Å². The number of aliphatic hydroxyl groups excluding tert-OH is 1. The summed E-state index contributed by atoms with van der Waals surface area (Å²) < 4.78 is -11.0. The van der Waals surface area contributed by atoms with Crippen LogP contribution in [0.15, 0.2) is 0 Å². The molecule has 0 aliphatic rings. The molecule has 0 rings (SSSR count). The van der Waals surface area contributed by atoms with Gasteiger partial charge in [-0.05, 0) is 6.42 Å². The predicted molar refractivity (Wildman–Crippen MR) is 94.2 cm³/mol. The van der Waals surface area contributed by atoms with Gasteiger partial charge < -0.3 is 5.11 Å². The Morgan fingerprint density at radius 3 is 1.30 bits per heavy atom. The van der Waals surface area contributed by atoms with Crippen LogP contribution in [0, 0.1) is 0 Å². The van der Waals surface area contributed by atoms with Gasteiger partial charge in [-0.2, -0.15) is 0 Å². The van der Waals surface area contributed by atoms with Crippen molar-refractivity contribution in [3.63, 3.8) is 0 Å². The van der Waals surface area contributed by atoms with Crippen molar-refractivity contribution >= 4 is 116 Å². The summed E-state index contributed by atoms with van der Waals surface area (Å²) in [6, 6.07) is 0. The number of alkyl halides is 10. The molecule has 0 aliphatic carbocycles. The van der Waals surface area contributed by atoms with Gasteiger partial charge in [0.2, 0.25) is 0 Å². The van der Waals surface area contributed by atoms with Crippen molar-refractivity contribution in [2.75, 3.05) is 6.61 Å². The summed E-state index contributed by atoms with van der Waals surface area (Å²) in [5.74, 6) is 0. The molecule has 1 N–H and O–H groups in total. The van der Waals surface area contributed by atoms with E-state index in [1.54, 1.807) is 6.92 Å². The average molecular weight is 489 g/mol. The second-order valence-electron chi connectivity index (χ2n) is 4.04. The first-order valence-electron chi connectivity index (χ1n) is 5.12. The van der Waals surface area contributed by atoms with Crippen molar-refractivity contribution in [1.29, 1.82) is 0 Å². The van der Waals surface area contributed by atoms with Crippen LogP contribution < -0.4 is 0 Å². The standard InChI is InChI=1S/C9H10Cl10O/c1-2-3-5(10,11)7(14,15)9(18,19)8(16,17)6(12,13)4-20/h20H,2-4H2,1H3. The van der Waals surface area contributed by atoms with Crippen LogP contribution >= 0.6 is 116 Å². The highest BCUT2D eigenvalue weighted by Gasteiger charge is 2.72. The molecule has 11 heteroatoms. The summed E-state index contributed by atoms with van der Waals surface area (Å²) in [4.78, 5) is 0. The highest BCUT2D eigenvalue weighted by atomic mass is 35.6. The van der Waals surface area contributed by atoms with Gasteiger partial charge in [0.15, 0.2) is 21.7 Å². The Morgan fingerprint density at radius 1 is 0.650 bits per heavy atom. The molecule has 0 unspecified atom stereocenters. The van der Waals surface area contributed by atoms with Crippen molar-refractivity contribution in [2.45, 2.75) is 41.4 Å². The molecule has 0 atom stereocenters. The maximum absolute atomic E-state index is 9.16. The van der Waals surface area contributed by atoms with Crippen LogP contribution in [0.4, 0.5) is 0 Å². The van der Waals surface area contributed by atoms with Crippen molar-refractivity contribution < 1.29 is 5.11 Å². The van der Waals surface area contributed by atoms with Crippen LogP contribution in [-0.4, -0.2) is 33.4 Å². The Bertz CT molecular complexity index is 338. The molecule has 0 aliphatic heterocycles. The normalized spacial score (nSPS) is 15.6. The van der Waals surface area contributed by atoms with Crippen molar-refractivity contribution in [3.05, 3.63) is 0 Å². The minimum Gasteiger partial charge on any atom is -0.393 e. The summed E-state index contributed by atoms with van der Waals surface area (Å²) in [5.41, 5.74) is 0. The van der Waals surface area contributed by atoms with Crippen LogP contribution in [0.1, 0.15) is 19.8 Å². The van der Waals surface area contributed by atoms with Crippen LogP contribution in [-0.2, 0) is 0 Å². The van der Waals surface area contributed by atoms with Gasteiger partial charge in [-0.3, -0.25) is 0 Å². The lowest BCUT2D eigenvalue weighted by molar-refractivity contribution is 0.262. The van der Waals surface area contributed by atoms with Gasteiger partial charge in [-0.1, -0.05) is 129 Å². The van der Waals surface area contributed by atoms with E-state index in [1.807, 2.05) is 0 Å². The third kappa shape index (κ3) is 3.91. The first-order chi connectivity index (χ1) is 8.62. The summed E-state index contributed by atoms with van der Waals surface area (Å²) in [7, 11) is 0. The monoisotopic (exact) mass is 484 g/mol. The van der Waals surface area contributed by atoms with Crippen molar-refractivity contribution in [1.82, 2.24) is 0 Å². The zero-order valence-electron chi connectivity index (χ0n) is 9.85. The molecule has 20 heavy (non-hydrogen) atoms. The number of hydrogen-bond donors (Lipinski definition) is 1. The van der Waals surface area contributed by atoms with E-state index < -0.39 is 28.3 Å². The quantitative estimate of drug-likeness (QED) is 0.398. The molecule has 0 radical (unpaired) electrons. The Kier molecular flexibility index (Phi) is 8.45. The molecule has 0 spiro atoms. The molecule has 0 aromatic rings. The van der Waals surface area contributed by atoms with Crippen molar-refractivity contribution in [2.24, 2.45) is 0 Å². The fourth-order valence-corrected chi connectivity index (χ4v) is 4.27.